The normalized spacial score (nSPS) is 12.6. The van der Waals surface area contributed by atoms with Crippen molar-refractivity contribution in [3.05, 3.63) is 68.2 Å². The Balaban J connectivity index is 2.62. The number of hydrogen-bond donors (Lipinski definition) is 2. The van der Waals surface area contributed by atoms with Gasteiger partial charge < -0.3 is 0 Å². The molecule has 1 unspecified atom stereocenters. The van der Waals surface area contributed by atoms with Crippen molar-refractivity contribution in [2.45, 2.75) is 24.4 Å². The Morgan fingerprint density at radius 3 is 2.54 bits per heavy atom. The van der Waals surface area contributed by atoms with Crippen LogP contribution < -0.4 is 5.48 Å². The minimum absolute atomic E-state index is 0.0480. The SMILES string of the molecule is CC(C(=O)NO)N(Cc1ccccc1[N+](=O)[O-])S(=O)(=O)c1cc(Cl)ccc1Cl. The highest BCUT2D eigenvalue weighted by Gasteiger charge is 2.36. The van der Waals surface area contributed by atoms with Gasteiger partial charge in [-0.3, -0.25) is 20.1 Å². The Kier molecular flexibility index (Phi) is 6.96. The predicted octanol–water partition coefficient (Wildman–Crippen LogP) is 2.99. The molecule has 0 fully saturated rings. The monoisotopic (exact) mass is 447 g/mol. The number of benzene rings is 2. The highest BCUT2D eigenvalue weighted by Crippen LogP contribution is 2.31. The molecular formula is C16H15Cl2N3O6S. The van der Waals surface area contributed by atoms with Crippen molar-refractivity contribution in [1.29, 1.82) is 0 Å². The minimum atomic E-state index is -4.43. The minimum Gasteiger partial charge on any atom is -0.289 e. The van der Waals surface area contributed by atoms with Gasteiger partial charge in [-0.25, -0.2) is 13.9 Å². The molecule has 2 aromatic rings. The van der Waals surface area contributed by atoms with Gasteiger partial charge in [-0.2, -0.15) is 4.31 Å². The van der Waals surface area contributed by atoms with Crippen LogP contribution in [0.5, 0.6) is 0 Å². The summed E-state index contributed by atoms with van der Waals surface area (Å²) in [6.45, 7) is 0.702. The lowest BCUT2D eigenvalue weighted by Crippen LogP contribution is -2.46. The Hall–Kier alpha value is -2.24. The van der Waals surface area contributed by atoms with E-state index in [2.05, 4.69) is 0 Å². The molecule has 9 nitrogen and oxygen atoms in total. The quantitative estimate of drug-likeness (QED) is 0.381. The number of nitrogens with one attached hydrogen (secondary N) is 1. The Bertz CT molecular complexity index is 1020. The number of carbonyl (C=O) groups is 1. The molecule has 0 aliphatic rings. The van der Waals surface area contributed by atoms with Crippen molar-refractivity contribution in [2.24, 2.45) is 0 Å². The second-order valence-corrected chi connectivity index (χ2v) is 8.37. The molecule has 28 heavy (non-hydrogen) atoms. The summed E-state index contributed by atoms with van der Waals surface area (Å²) in [6, 6.07) is 7.86. The number of halogens is 2. The van der Waals surface area contributed by atoms with Crippen LogP contribution in [0.25, 0.3) is 0 Å². The Morgan fingerprint density at radius 1 is 1.29 bits per heavy atom. The van der Waals surface area contributed by atoms with Crippen molar-refractivity contribution < 1.29 is 23.3 Å². The van der Waals surface area contributed by atoms with Crippen LogP contribution in [0, 0.1) is 10.1 Å². The topological polar surface area (TPSA) is 130 Å². The molecule has 0 aromatic heterocycles. The van der Waals surface area contributed by atoms with Gasteiger partial charge in [0.25, 0.3) is 11.6 Å². The van der Waals surface area contributed by atoms with Gasteiger partial charge in [0.1, 0.15) is 10.9 Å². The van der Waals surface area contributed by atoms with E-state index < -0.39 is 33.4 Å². The third-order valence-electron chi connectivity index (χ3n) is 3.92. The summed E-state index contributed by atoms with van der Waals surface area (Å²) in [5.74, 6) is -1.03. The van der Waals surface area contributed by atoms with Crippen LogP contribution in [0.2, 0.25) is 10.0 Å². The zero-order valence-electron chi connectivity index (χ0n) is 14.4. The highest BCUT2D eigenvalue weighted by molar-refractivity contribution is 7.89. The second kappa shape index (κ2) is 8.84. The standard InChI is InChI=1S/C16H15Cl2N3O6S/c1-10(16(22)19-23)20(9-11-4-2-3-5-14(11)21(24)25)28(26,27)15-8-12(17)6-7-13(15)18/h2-8,10,23H,9H2,1H3,(H,19,22). The maximum absolute atomic E-state index is 13.2. The average Bonchev–Trinajstić information content (AvgIpc) is 2.66. The molecule has 0 aliphatic carbocycles. The summed E-state index contributed by atoms with van der Waals surface area (Å²) in [5.41, 5.74) is 1.11. The maximum Gasteiger partial charge on any atom is 0.273 e. The first-order chi connectivity index (χ1) is 13.1. The van der Waals surface area contributed by atoms with Gasteiger partial charge in [0.15, 0.2) is 0 Å². The number of amides is 1. The lowest BCUT2D eigenvalue weighted by molar-refractivity contribution is -0.385. The van der Waals surface area contributed by atoms with Gasteiger partial charge in [-0.15, -0.1) is 0 Å². The number of hydrogen-bond acceptors (Lipinski definition) is 6. The number of carbonyl (C=O) groups excluding carboxylic acids is 1. The van der Waals surface area contributed by atoms with E-state index in [0.29, 0.717) is 4.31 Å². The molecule has 0 radical (unpaired) electrons. The van der Waals surface area contributed by atoms with Crippen LogP contribution in [0.1, 0.15) is 12.5 Å². The molecule has 150 valence electrons. The van der Waals surface area contributed by atoms with E-state index in [-0.39, 0.29) is 26.2 Å². The zero-order valence-corrected chi connectivity index (χ0v) is 16.7. The molecule has 1 amide bonds. The van der Waals surface area contributed by atoms with E-state index in [1.54, 1.807) is 0 Å². The number of nitrogens with zero attached hydrogens (tertiary/aromatic N) is 2. The van der Waals surface area contributed by atoms with E-state index in [9.17, 15) is 23.3 Å². The first-order valence-electron chi connectivity index (χ1n) is 7.72. The number of rotatable bonds is 7. The van der Waals surface area contributed by atoms with E-state index in [0.717, 1.165) is 6.07 Å². The van der Waals surface area contributed by atoms with E-state index >= 15 is 0 Å². The molecule has 0 heterocycles. The van der Waals surface area contributed by atoms with Crippen molar-refractivity contribution in [2.75, 3.05) is 0 Å². The highest BCUT2D eigenvalue weighted by atomic mass is 35.5. The third kappa shape index (κ3) is 4.59. The number of sulfonamides is 1. The number of nitro groups is 1. The van der Waals surface area contributed by atoms with E-state index in [1.807, 2.05) is 0 Å². The summed E-state index contributed by atoms with van der Waals surface area (Å²) in [7, 11) is -4.43. The fourth-order valence-electron chi connectivity index (χ4n) is 2.45. The molecule has 2 aromatic carbocycles. The summed E-state index contributed by atoms with van der Waals surface area (Å²) in [5, 5.41) is 20.1. The predicted molar refractivity (Wildman–Crippen MR) is 102 cm³/mol. The van der Waals surface area contributed by atoms with Crippen LogP contribution in [0.3, 0.4) is 0 Å². The summed E-state index contributed by atoms with van der Waals surface area (Å²) in [6.07, 6.45) is 0. The Morgan fingerprint density at radius 2 is 1.93 bits per heavy atom. The Labute approximate surface area is 170 Å². The lowest BCUT2D eigenvalue weighted by atomic mass is 10.1. The van der Waals surface area contributed by atoms with Crippen molar-refractivity contribution in [1.82, 2.24) is 9.79 Å². The summed E-state index contributed by atoms with van der Waals surface area (Å²) >= 11 is 11.9. The summed E-state index contributed by atoms with van der Waals surface area (Å²) in [4.78, 5) is 22.2. The third-order valence-corrected chi connectivity index (χ3v) is 6.55. The number of hydroxylamine groups is 1. The largest absolute Gasteiger partial charge is 0.289 e. The molecule has 0 saturated heterocycles. The average molecular weight is 448 g/mol. The maximum atomic E-state index is 13.2. The van der Waals surface area contributed by atoms with Crippen LogP contribution >= 0.6 is 23.2 Å². The smallest absolute Gasteiger partial charge is 0.273 e. The second-order valence-electron chi connectivity index (χ2n) is 5.66. The van der Waals surface area contributed by atoms with Gasteiger partial charge in [0.05, 0.1) is 9.95 Å². The van der Waals surface area contributed by atoms with E-state index in [1.165, 1.54) is 48.8 Å². The van der Waals surface area contributed by atoms with Crippen molar-refractivity contribution in [3.63, 3.8) is 0 Å². The van der Waals surface area contributed by atoms with Crippen molar-refractivity contribution >= 4 is 44.8 Å². The molecular weight excluding hydrogens is 433 g/mol. The van der Waals surface area contributed by atoms with Crippen LogP contribution in [0.4, 0.5) is 5.69 Å². The van der Waals surface area contributed by atoms with Gasteiger partial charge >= 0.3 is 0 Å². The van der Waals surface area contributed by atoms with Gasteiger partial charge in [0.2, 0.25) is 10.0 Å². The van der Waals surface area contributed by atoms with Crippen LogP contribution in [-0.4, -0.2) is 34.8 Å². The van der Waals surface area contributed by atoms with Gasteiger partial charge in [-0.1, -0.05) is 41.4 Å². The molecule has 2 rings (SSSR count). The molecule has 1 atom stereocenters. The van der Waals surface area contributed by atoms with Crippen LogP contribution in [0.15, 0.2) is 47.4 Å². The summed E-state index contributed by atoms with van der Waals surface area (Å²) < 4.78 is 27.1. The fraction of sp³-hybridized carbons (Fsp3) is 0.188. The number of para-hydroxylation sites is 1. The number of nitro benzene ring substituents is 1. The first-order valence-corrected chi connectivity index (χ1v) is 9.92. The van der Waals surface area contributed by atoms with E-state index in [4.69, 9.17) is 28.4 Å². The molecule has 2 N–H and O–H groups in total. The molecule has 0 saturated carbocycles. The molecule has 0 aliphatic heterocycles. The fourth-order valence-corrected chi connectivity index (χ4v) is 4.76. The van der Waals surface area contributed by atoms with Crippen molar-refractivity contribution in [3.8, 4) is 0 Å². The van der Waals surface area contributed by atoms with Gasteiger partial charge in [0, 0.05) is 23.2 Å². The molecule has 0 bridgehead atoms. The zero-order chi connectivity index (χ0) is 21.1. The van der Waals surface area contributed by atoms with Crippen LogP contribution in [-0.2, 0) is 21.4 Å². The van der Waals surface area contributed by atoms with Gasteiger partial charge in [-0.05, 0) is 25.1 Å². The molecule has 0 spiro atoms. The molecule has 12 heteroatoms. The first kappa shape index (κ1) is 22.1. The lowest BCUT2D eigenvalue weighted by Gasteiger charge is -2.27.